The molecule has 1 N–H and O–H groups in total. The van der Waals surface area contributed by atoms with Crippen molar-refractivity contribution in [1.82, 2.24) is 14.6 Å². The van der Waals surface area contributed by atoms with Crippen LogP contribution in [0.1, 0.15) is 40.7 Å². The zero-order chi connectivity index (χ0) is 23.9. The van der Waals surface area contributed by atoms with Gasteiger partial charge in [0, 0.05) is 11.6 Å². The smallest absolute Gasteiger partial charge is 0.324 e. The molecule has 1 saturated heterocycles. The van der Waals surface area contributed by atoms with Crippen LogP contribution in [0.2, 0.25) is 5.02 Å². The fourth-order valence-corrected chi connectivity index (χ4v) is 4.75. The minimum atomic E-state index is -4.66. The van der Waals surface area contributed by atoms with Gasteiger partial charge in [0.2, 0.25) is 10.0 Å². The third kappa shape index (κ3) is 4.88. The van der Waals surface area contributed by atoms with Gasteiger partial charge in [0.25, 0.3) is 11.8 Å². The Balaban J connectivity index is 1.76. The Kier molecular flexibility index (Phi) is 6.27. The van der Waals surface area contributed by atoms with Crippen molar-refractivity contribution in [3.05, 3.63) is 63.9 Å². The highest BCUT2D eigenvalue weighted by molar-refractivity contribution is 7.89. The highest BCUT2D eigenvalue weighted by atomic mass is 35.5. The number of sulfonamides is 1. The fraction of sp³-hybridized carbons (Fsp3) is 0.350. The van der Waals surface area contributed by atoms with E-state index in [4.69, 9.17) is 11.6 Å². The lowest BCUT2D eigenvalue weighted by Crippen LogP contribution is -2.67. The van der Waals surface area contributed by atoms with Gasteiger partial charge < -0.3 is 4.90 Å². The molecule has 3 rings (SSSR count). The van der Waals surface area contributed by atoms with Crippen molar-refractivity contribution >= 4 is 33.4 Å². The summed E-state index contributed by atoms with van der Waals surface area (Å²) in [4.78, 5) is 30.2. The van der Waals surface area contributed by atoms with E-state index in [9.17, 15) is 31.2 Å². The third-order valence-electron chi connectivity index (χ3n) is 5.25. The van der Waals surface area contributed by atoms with E-state index >= 15 is 0 Å². The highest BCUT2D eigenvalue weighted by Gasteiger charge is 2.51. The first-order valence-corrected chi connectivity index (χ1v) is 11.4. The summed E-state index contributed by atoms with van der Waals surface area (Å²) >= 11 is 5.85. The second kappa shape index (κ2) is 8.36. The number of aryl methyl sites for hydroxylation is 1. The second-order valence-corrected chi connectivity index (χ2v) is 9.79. The normalized spacial score (nSPS) is 18.8. The molecule has 7 nitrogen and oxygen atoms in total. The molecule has 1 aromatic heterocycles. The quantitative estimate of drug-likeness (QED) is 0.695. The van der Waals surface area contributed by atoms with Gasteiger partial charge in [0.15, 0.2) is 0 Å². The maximum Gasteiger partial charge on any atom is 0.433 e. The zero-order valence-electron chi connectivity index (χ0n) is 17.0. The summed E-state index contributed by atoms with van der Waals surface area (Å²) in [6.07, 6.45) is -4.47. The molecule has 1 aromatic carbocycles. The summed E-state index contributed by atoms with van der Waals surface area (Å²) in [6.45, 7) is 2.79. The number of hydrogen-bond acceptors (Lipinski definition) is 5. The van der Waals surface area contributed by atoms with Gasteiger partial charge in [-0.2, -0.15) is 13.2 Å². The molecule has 1 aliphatic rings. The Hall–Kier alpha value is -2.66. The Bertz CT molecular complexity index is 1190. The Morgan fingerprint density at radius 2 is 1.94 bits per heavy atom. The van der Waals surface area contributed by atoms with Crippen LogP contribution < -0.4 is 4.72 Å². The van der Waals surface area contributed by atoms with Crippen LogP contribution in [0, 0.1) is 6.92 Å². The molecule has 0 spiro atoms. The number of amides is 2. The van der Waals surface area contributed by atoms with Gasteiger partial charge in [-0.05, 0) is 50.1 Å². The van der Waals surface area contributed by atoms with Gasteiger partial charge in [0.1, 0.15) is 11.2 Å². The number of halogens is 4. The minimum Gasteiger partial charge on any atom is -0.324 e. The molecule has 32 heavy (non-hydrogen) atoms. The molecule has 2 heterocycles. The Morgan fingerprint density at radius 1 is 1.25 bits per heavy atom. The van der Waals surface area contributed by atoms with Crippen molar-refractivity contribution in [1.29, 1.82) is 0 Å². The number of rotatable bonds is 5. The van der Waals surface area contributed by atoms with Crippen molar-refractivity contribution in [3.63, 3.8) is 0 Å². The van der Waals surface area contributed by atoms with Crippen molar-refractivity contribution in [2.75, 3.05) is 6.54 Å². The molecule has 1 fully saturated rings. The summed E-state index contributed by atoms with van der Waals surface area (Å²) in [5, 5.41) is 0.340. The Morgan fingerprint density at radius 3 is 2.47 bits per heavy atom. The summed E-state index contributed by atoms with van der Waals surface area (Å²) in [6, 6.07) is 7.83. The number of benzene rings is 1. The largest absolute Gasteiger partial charge is 0.433 e. The summed E-state index contributed by atoms with van der Waals surface area (Å²) in [5.41, 5.74) is -2.49. The number of pyridine rings is 1. The number of hydrogen-bond donors (Lipinski definition) is 1. The van der Waals surface area contributed by atoms with E-state index in [1.165, 1.54) is 26.0 Å². The number of nitrogens with zero attached hydrogens (tertiary/aromatic N) is 2. The van der Waals surface area contributed by atoms with Crippen molar-refractivity contribution < 1.29 is 31.2 Å². The standard InChI is InChI=1S/C20H19ClF3N3O4S/c1-12-15(6-7-16(25-12)20(22,23)24)17(28)27-9-8-19(27,2)18(29)26-32(30,31)11-13-4-3-5-14(21)10-13/h3-7,10H,8-9,11H2,1-2H3,(H,26,29). The lowest BCUT2D eigenvalue weighted by Gasteiger charge is -2.48. The van der Waals surface area contributed by atoms with Crippen LogP contribution in [0.5, 0.6) is 0 Å². The number of nitrogens with one attached hydrogen (secondary N) is 1. The van der Waals surface area contributed by atoms with E-state index in [0.717, 1.165) is 11.0 Å². The molecule has 0 aliphatic carbocycles. The first kappa shape index (κ1) is 24.0. The molecular weight excluding hydrogens is 471 g/mol. The third-order valence-corrected chi connectivity index (χ3v) is 6.70. The first-order valence-electron chi connectivity index (χ1n) is 9.39. The monoisotopic (exact) mass is 489 g/mol. The zero-order valence-corrected chi connectivity index (χ0v) is 18.6. The van der Waals surface area contributed by atoms with Gasteiger partial charge >= 0.3 is 6.18 Å². The summed E-state index contributed by atoms with van der Waals surface area (Å²) < 4.78 is 65.3. The van der Waals surface area contributed by atoms with Crippen LogP contribution in [0.15, 0.2) is 36.4 Å². The van der Waals surface area contributed by atoms with Crippen LogP contribution in [0.4, 0.5) is 13.2 Å². The molecule has 0 bridgehead atoms. The van der Waals surface area contributed by atoms with Crippen LogP contribution in [-0.4, -0.2) is 42.2 Å². The summed E-state index contributed by atoms with van der Waals surface area (Å²) in [7, 11) is -4.09. The van der Waals surface area contributed by atoms with E-state index < -0.39 is 45.0 Å². The second-order valence-electron chi connectivity index (χ2n) is 7.63. The lowest BCUT2D eigenvalue weighted by molar-refractivity contribution is -0.141. The van der Waals surface area contributed by atoms with E-state index in [1.54, 1.807) is 12.1 Å². The van der Waals surface area contributed by atoms with Crippen LogP contribution in [0.25, 0.3) is 0 Å². The van der Waals surface area contributed by atoms with Crippen LogP contribution in [0.3, 0.4) is 0 Å². The van der Waals surface area contributed by atoms with E-state index in [-0.39, 0.29) is 24.2 Å². The molecule has 2 amide bonds. The van der Waals surface area contributed by atoms with E-state index in [0.29, 0.717) is 16.7 Å². The Labute approximate surface area is 187 Å². The van der Waals surface area contributed by atoms with Crippen molar-refractivity contribution in [2.24, 2.45) is 0 Å². The molecular formula is C20H19ClF3N3O4S. The summed E-state index contributed by atoms with van der Waals surface area (Å²) in [5.74, 6) is -2.11. The van der Waals surface area contributed by atoms with E-state index in [1.807, 2.05) is 4.72 Å². The van der Waals surface area contributed by atoms with Gasteiger partial charge in [-0.25, -0.2) is 13.4 Å². The van der Waals surface area contributed by atoms with E-state index in [2.05, 4.69) is 4.98 Å². The van der Waals surface area contributed by atoms with Crippen LogP contribution in [-0.2, 0) is 26.7 Å². The van der Waals surface area contributed by atoms with Gasteiger partial charge in [0.05, 0.1) is 17.0 Å². The molecule has 1 atom stereocenters. The average molecular weight is 490 g/mol. The number of aromatic nitrogens is 1. The number of likely N-dealkylation sites (tertiary alicyclic amines) is 1. The lowest BCUT2D eigenvalue weighted by atomic mass is 9.85. The minimum absolute atomic E-state index is 0.0986. The van der Waals surface area contributed by atoms with Crippen molar-refractivity contribution in [2.45, 2.75) is 37.7 Å². The highest BCUT2D eigenvalue weighted by Crippen LogP contribution is 2.34. The van der Waals surface area contributed by atoms with Gasteiger partial charge in [-0.1, -0.05) is 23.7 Å². The maximum absolute atomic E-state index is 12.9. The maximum atomic E-state index is 12.9. The average Bonchev–Trinajstić information content (AvgIpc) is 2.64. The number of carbonyl (C=O) groups is 2. The molecule has 1 unspecified atom stereocenters. The topological polar surface area (TPSA) is 96.4 Å². The van der Waals surface area contributed by atoms with Gasteiger partial charge in [-0.3, -0.25) is 14.3 Å². The first-order chi connectivity index (χ1) is 14.7. The van der Waals surface area contributed by atoms with Crippen molar-refractivity contribution in [3.8, 4) is 0 Å². The SMILES string of the molecule is Cc1nc(C(F)(F)F)ccc1C(=O)N1CCC1(C)C(=O)NS(=O)(=O)Cc1cccc(Cl)c1. The number of alkyl halides is 3. The molecule has 12 heteroatoms. The molecule has 0 saturated carbocycles. The number of carbonyl (C=O) groups excluding carboxylic acids is 2. The van der Waals surface area contributed by atoms with Crippen LogP contribution >= 0.6 is 11.6 Å². The fourth-order valence-electron chi connectivity index (χ4n) is 3.34. The molecule has 172 valence electrons. The molecule has 0 radical (unpaired) electrons. The molecule has 1 aliphatic heterocycles. The predicted octanol–water partition coefficient (Wildman–Crippen LogP) is 3.31. The predicted molar refractivity (Wildman–Crippen MR) is 110 cm³/mol. The molecule has 2 aromatic rings. The van der Waals surface area contributed by atoms with Gasteiger partial charge in [-0.15, -0.1) is 0 Å².